The molecular formula is C17H17NO3. The summed E-state index contributed by atoms with van der Waals surface area (Å²) in [6.07, 6.45) is 5.55. The van der Waals surface area contributed by atoms with Gasteiger partial charge in [-0.1, -0.05) is 24.3 Å². The Morgan fingerprint density at radius 2 is 2.10 bits per heavy atom. The Morgan fingerprint density at radius 1 is 1.24 bits per heavy atom. The second-order valence-corrected chi connectivity index (χ2v) is 5.00. The number of nitrogens with one attached hydrogen (secondary N) is 1. The molecule has 1 amide bonds. The number of benzene rings is 1. The van der Waals surface area contributed by atoms with E-state index < -0.39 is 0 Å². The van der Waals surface area contributed by atoms with Gasteiger partial charge in [0.1, 0.15) is 5.76 Å². The summed E-state index contributed by atoms with van der Waals surface area (Å²) in [4.78, 5) is 11.7. The molecule has 0 aliphatic carbocycles. The maximum Gasteiger partial charge on any atom is 0.244 e. The van der Waals surface area contributed by atoms with Crippen LogP contribution in [0.4, 0.5) is 0 Å². The van der Waals surface area contributed by atoms with E-state index in [1.54, 1.807) is 24.5 Å². The highest BCUT2D eigenvalue weighted by atomic mass is 16.5. The van der Waals surface area contributed by atoms with Gasteiger partial charge in [-0.3, -0.25) is 4.79 Å². The molecule has 4 heteroatoms. The van der Waals surface area contributed by atoms with Crippen LogP contribution >= 0.6 is 0 Å². The summed E-state index contributed by atoms with van der Waals surface area (Å²) in [7, 11) is 0. The molecule has 0 saturated heterocycles. The van der Waals surface area contributed by atoms with Crippen molar-refractivity contribution in [2.24, 2.45) is 0 Å². The maximum atomic E-state index is 11.7. The van der Waals surface area contributed by atoms with E-state index >= 15 is 0 Å². The van der Waals surface area contributed by atoms with Crippen LogP contribution in [-0.2, 0) is 22.6 Å². The lowest BCUT2D eigenvalue weighted by Gasteiger charge is -2.25. The minimum Gasteiger partial charge on any atom is -0.465 e. The quantitative estimate of drug-likeness (QED) is 0.877. The average molecular weight is 283 g/mol. The molecule has 2 aromatic rings. The van der Waals surface area contributed by atoms with Crippen molar-refractivity contribution in [2.75, 3.05) is 6.54 Å². The highest BCUT2D eigenvalue weighted by Crippen LogP contribution is 2.19. The zero-order valence-electron chi connectivity index (χ0n) is 11.6. The zero-order chi connectivity index (χ0) is 14.5. The van der Waals surface area contributed by atoms with Crippen LogP contribution in [-0.4, -0.2) is 18.6 Å². The van der Waals surface area contributed by atoms with Gasteiger partial charge in [0.25, 0.3) is 0 Å². The second-order valence-electron chi connectivity index (χ2n) is 5.00. The summed E-state index contributed by atoms with van der Waals surface area (Å²) in [5.41, 5.74) is 2.53. The molecule has 0 saturated carbocycles. The molecule has 108 valence electrons. The first-order valence-electron chi connectivity index (χ1n) is 6.99. The van der Waals surface area contributed by atoms with Crippen molar-refractivity contribution in [3.8, 4) is 0 Å². The number of ether oxygens (including phenoxy) is 1. The summed E-state index contributed by atoms with van der Waals surface area (Å²) in [6.45, 7) is 1.12. The molecule has 1 unspecified atom stereocenters. The summed E-state index contributed by atoms with van der Waals surface area (Å²) in [5.74, 6) is 0.516. The number of fused-ring (bicyclic) bond motifs is 1. The summed E-state index contributed by atoms with van der Waals surface area (Å²) >= 11 is 0. The number of carbonyl (C=O) groups is 1. The van der Waals surface area contributed by atoms with Gasteiger partial charge < -0.3 is 14.5 Å². The van der Waals surface area contributed by atoms with Crippen LogP contribution in [0.25, 0.3) is 6.08 Å². The van der Waals surface area contributed by atoms with E-state index in [0.717, 1.165) is 6.42 Å². The van der Waals surface area contributed by atoms with E-state index in [-0.39, 0.29) is 12.0 Å². The molecular weight excluding hydrogens is 266 g/mol. The van der Waals surface area contributed by atoms with E-state index in [1.807, 2.05) is 12.1 Å². The van der Waals surface area contributed by atoms with Crippen LogP contribution in [0.2, 0.25) is 0 Å². The zero-order valence-corrected chi connectivity index (χ0v) is 11.6. The van der Waals surface area contributed by atoms with Gasteiger partial charge in [-0.05, 0) is 29.3 Å². The lowest BCUT2D eigenvalue weighted by Crippen LogP contribution is -2.36. The van der Waals surface area contributed by atoms with Gasteiger partial charge in [-0.15, -0.1) is 0 Å². The molecule has 0 bridgehead atoms. The third-order valence-electron chi connectivity index (χ3n) is 3.49. The van der Waals surface area contributed by atoms with Crippen LogP contribution in [0.15, 0.2) is 53.2 Å². The smallest absolute Gasteiger partial charge is 0.244 e. The van der Waals surface area contributed by atoms with Gasteiger partial charge in [0, 0.05) is 19.0 Å². The number of amides is 1. The Hall–Kier alpha value is -2.33. The highest BCUT2D eigenvalue weighted by molar-refractivity contribution is 5.91. The molecule has 3 rings (SSSR count). The molecule has 1 aromatic carbocycles. The lowest BCUT2D eigenvalue weighted by atomic mass is 9.99. The minimum absolute atomic E-state index is 0.0286. The fourth-order valence-corrected chi connectivity index (χ4v) is 2.36. The van der Waals surface area contributed by atoms with Crippen molar-refractivity contribution in [1.29, 1.82) is 0 Å². The second kappa shape index (κ2) is 6.41. The van der Waals surface area contributed by atoms with Crippen molar-refractivity contribution in [2.45, 2.75) is 19.1 Å². The Kier molecular flexibility index (Phi) is 4.17. The summed E-state index contributed by atoms with van der Waals surface area (Å²) < 4.78 is 10.9. The minimum atomic E-state index is -0.145. The topological polar surface area (TPSA) is 51.5 Å². The Bertz CT molecular complexity index is 631. The summed E-state index contributed by atoms with van der Waals surface area (Å²) in [5, 5.41) is 2.85. The van der Waals surface area contributed by atoms with Crippen molar-refractivity contribution in [3.63, 3.8) is 0 Å². The van der Waals surface area contributed by atoms with Crippen LogP contribution in [0.5, 0.6) is 0 Å². The first kappa shape index (κ1) is 13.6. The van der Waals surface area contributed by atoms with Crippen molar-refractivity contribution < 1.29 is 13.9 Å². The first-order chi connectivity index (χ1) is 10.3. The number of rotatable bonds is 4. The van der Waals surface area contributed by atoms with Gasteiger partial charge in [-0.25, -0.2) is 0 Å². The predicted octanol–water partition coefficient (Wildman–Crippen LogP) is 2.55. The largest absolute Gasteiger partial charge is 0.465 e. The molecule has 0 spiro atoms. The molecule has 4 nitrogen and oxygen atoms in total. The van der Waals surface area contributed by atoms with Gasteiger partial charge in [0.2, 0.25) is 5.91 Å². The molecule has 21 heavy (non-hydrogen) atoms. The van der Waals surface area contributed by atoms with E-state index in [9.17, 15) is 4.79 Å². The van der Waals surface area contributed by atoms with Crippen LogP contribution < -0.4 is 5.32 Å². The number of carbonyl (C=O) groups excluding carboxylic acids is 1. The SMILES string of the molecule is O=C(/C=C/c1ccco1)NCC1Cc2ccccc2CO1. The van der Waals surface area contributed by atoms with Crippen molar-refractivity contribution in [3.05, 3.63) is 65.6 Å². The van der Waals surface area contributed by atoms with E-state index in [4.69, 9.17) is 9.15 Å². The van der Waals surface area contributed by atoms with Gasteiger partial charge in [-0.2, -0.15) is 0 Å². The average Bonchev–Trinajstić information content (AvgIpc) is 3.04. The standard InChI is InChI=1S/C17H17NO3/c19-17(8-7-15-6-3-9-20-15)18-11-16-10-13-4-1-2-5-14(13)12-21-16/h1-9,16H,10-12H2,(H,18,19)/b8-7+. The molecule has 1 aliphatic heterocycles. The monoisotopic (exact) mass is 283 g/mol. The van der Waals surface area contributed by atoms with Gasteiger partial charge in [0.05, 0.1) is 19.0 Å². The molecule has 0 fully saturated rings. The van der Waals surface area contributed by atoms with E-state index in [2.05, 4.69) is 17.4 Å². The van der Waals surface area contributed by atoms with Crippen LogP contribution in [0, 0.1) is 0 Å². The third kappa shape index (κ3) is 3.61. The Labute approximate surface area is 123 Å². The van der Waals surface area contributed by atoms with Crippen LogP contribution in [0.3, 0.4) is 0 Å². The highest BCUT2D eigenvalue weighted by Gasteiger charge is 2.18. The fourth-order valence-electron chi connectivity index (χ4n) is 2.36. The fraction of sp³-hybridized carbons (Fsp3) is 0.235. The predicted molar refractivity (Wildman–Crippen MR) is 79.5 cm³/mol. The first-order valence-corrected chi connectivity index (χ1v) is 6.99. The molecule has 1 N–H and O–H groups in total. The third-order valence-corrected chi connectivity index (χ3v) is 3.49. The maximum absolute atomic E-state index is 11.7. The molecule has 1 aliphatic rings. The van der Waals surface area contributed by atoms with Crippen molar-refractivity contribution >= 4 is 12.0 Å². The molecule has 2 heterocycles. The Morgan fingerprint density at radius 3 is 2.90 bits per heavy atom. The van der Waals surface area contributed by atoms with E-state index in [0.29, 0.717) is 18.9 Å². The van der Waals surface area contributed by atoms with Crippen LogP contribution in [0.1, 0.15) is 16.9 Å². The van der Waals surface area contributed by atoms with Gasteiger partial charge >= 0.3 is 0 Å². The number of hydrogen-bond donors (Lipinski definition) is 1. The summed E-state index contributed by atoms with van der Waals surface area (Å²) in [6, 6.07) is 11.8. The van der Waals surface area contributed by atoms with E-state index in [1.165, 1.54) is 17.2 Å². The lowest BCUT2D eigenvalue weighted by molar-refractivity contribution is -0.117. The Balaban J connectivity index is 1.49. The molecule has 1 aromatic heterocycles. The normalized spacial score (nSPS) is 17.6. The molecule has 0 radical (unpaired) electrons. The number of hydrogen-bond acceptors (Lipinski definition) is 3. The molecule has 1 atom stereocenters. The number of furan rings is 1. The van der Waals surface area contributed by atoms with Crippen molar-refractivity contribution in [1.82, 2.24) is 5.32 Å². The van der Waals surface area contributed by atoms with Gasteiger partial charge in [0.15, 0.2) is 0 Å².